The van der Waals surface area contributed by atoms with Gasteiger partial charge in [-0.2, -0.15) is 4.31 Å². The van der Waals surface area contributed by atoms with Crippen LogP contribution in [0.15, 0.2) is 23.1 Å². The van der Waals surface area contributed by atoms with E-state index in [1.165, 1.54) is 4.31 Å². The Hall–Kier alpha value is -1.98. The predicted octanol–water partition coefficient (Wildman–Crippen LogP) is 1.71. The quantitative estimate of drug-likeness (QED) is 0.591. The lowest BCUT2D eigenvalue weighted by molar-refractivity contribution is -0.149. The molecule has 1 unspecified atom stereocenters. The van der Waals surface area contributed by atoms with Crippen molar-refractivity contribution in [2.45, 2.75) is 50.7 Å². The lowest BCUT2D eigenvalue weighted by atomic mass is 10.1. The van der Waals surface area contributed by atoms with Crippen LogP contribution in [0.4, 0.5) is 0 Å². The average Bonchev–Trinajstić information content (AvgIpc) is 3.31. The molecule has 0 radical (unpaired) electrons. The molecule has 2 aliphatic rings. The molecule has 1 aromatic heterocycles. The Morgan fingerprint density at radius 3 is 2.61 bits per heavy atom. The summed E-state index contributed by atoms with van der Waals surface area (Å²) in [5.74, 6) is -0.837. The zero-order valence-electron chi connectivity index (χ0n) is 17.5. The number of esters is 1. The second kappa shape index (κ2) is 8.51. The maximum absolute atomic E-state index is 13.0. The number of hydrogen-bond acceptors (Lipinski definition) is 7. The van der Waals surface area contributed by atoms with E-state index in [0.717, 1.165) is 24.8 Å². The first kappa shape index (κ1) is 22.2. The molecule has 2 aliphatic heterocycles. The van der Waals surface area contributed by atoms with Crippen molar-refractivity contribution < 1.29 is 26.4 Å². The first-order valence-corrected chi connectivity index (χ1v) is 13.8. The Bertz CT molecular complexity index is 1200. The summed E-state index contributed by atoms with van der Waals surface area (Å²) in [6, 6.07) is 4.90. The van der Waals surface area contributed by atoms with Gasteiger partial charge >= 0.3 is 5.97 Å². The number of imidazole rings is 1. The molecule has 3 heterocycles. The molecule has 0 saturated carbocycles. The molecule has 2 fully saturated rings. The van der Waals surface area contributed by atoms with Gasteiger partial charge in [0.15, 0.2) is 9.84 Å². The highest BCUT2D eigenvalue weighted by atomic mass is 32.2. The SMILES string of the molecule is CCn1c(COC(=O)C2CCS(=O)(=O)C2)nc2cc(S(=O)(=O)N3CCCCC3)ccc21. The first-order chi connectivity index (χ1) is 14.7. The van der Waals surface area contributed by atoms with Gasteiger partial charge in [-0.05, 0) is 44.4 Å². The number of sulfonamides is 1. The van der Waals surface area contributed by atoms with Crippen LogP contribution in [0.5, 0.6) is 0 Å². The Morgan fingerprint density at radius 2 is 1.97 bits per heavy atom. The zero-order chi connectivity index (χ0) is 22.2. The topological polar surface area (TPSA) is 116 Å². The van der Waals surface area contributed by atoms with Crippen molar-refractivity contribution in [1.82, 2.24) is 13.9 Å². The number of ether oxygens (including phenoxy) is 1. The smallest absolute Gasteiger partial charge is 0.310 e. The molecule has 2 saturated heterocycles. The molecule has 170 valence electrons. The fourth-order valence-electron chi connectivity index (χ4n) is 4.27. The predicted molar refractivity (Wildman–Crippen MR) is 115 cm³/mol. The molecule has 2 aromatic rings. The number of aromatic nitrogens is 2. The summed E-state index contributed by atoms with van der Waals surface area (Å²) in [4.78, 5) is 17.0. The van der Waals surface area contributed by atoms with Gasteiger partial charge in [-0.3, -0.25) is 4.79 Å². The molecule has 0 N–H and O–H groups in total. The van der Waals surface area contributed by atoms with E-state index in [1.807, 2.05) is 11.5 Å². The molecule has 0 aliphatic carbocycles. The number of hydrogen-bond donors (Lipinski definition) is 0. The van der Waals surface area contributed by atoms with Crippen molar-refractivity contribution in [3.05, 3.63) is 24.0 Å². The highest BCUT2D eigenvalue weighted by Crippen LogP contribution is 2.26. The highest BCUT2D eigenvalue weighted by Gasteiger charge is 2.34. The van der Waals surface area contributed by atoms with Gasteiger partial charge in [0, 0.05) is 19.6 Å². The van der Waals surface area contributed by atoms with E-state index in [0.29, 0.717) is 31.0 Å². The summed E-state index contributed by atoms with van der Waals surface area (Å²) in [6.45, 7) is 3.46. The number of carbonyl (C=O) groups is 1. The van der Waals surface area contributed by atoms with Gasteiger partial charge in [-0.15, -0.1) is 0 Å². The summed E-state index contributed by atoms with van der Waals surface area (Å²) < 4.78 is 57.9. The third kappa shape index (κ3) is 4.49. The fraction of sp³-hybridized carbons (Fsp3) is 0.600. The Morgan fingerprint density at radius 1 is 1.23 bits per heavy atom. The van der Waals surface area contributed by atoms with Crippen LogP contribution in [-0.2, 0) is 42.5 Å². The van der Waals surface area contributed by atoms with Gasteiger partial charge in [-0.25, -0.2) is 21.8 Å². The van der Waals surface area contributed by atoms with Crippen molar-refractivity contribution in [2.75, 3.05) is 24.6 Å². The van der Waals surface area contributed by atoms with Crippen LogP contribution < -0.4 is 0 Å². The number of fused-ring (bicyclic) bond motifs is 1. The van der Waals surface area contributed by atoms with E-state index >= 15 is 0 Å². The van der Waals surface area contributed by atoms with Gasteiger partial charge in [0.05, 0.1) is 33.4 Å². The average molecular weight is 470 g/mol. The number of rotatable bonds is 6. The minimum Gasteiger partial charge on any atom is -0.457 e. The van der Waals surface area contributed by atoms with Crippen LogP contribution in [0.25, 0.3) is 11.0 Å². The van der Waals surface area contributed by atoms with E-state index in [2.05, 4.69) is 4.98 Å². The van der Waals surface area contributed by atoms with Gasteiger partial charge in [0.25, 0.3) is 0 Å². The summed E-state index contributed by atoms with van der Waals surface area (Å²) in [6.07, 6.45) is 3.05. The Kier molecular flexibility index (Phi) is 6.10. The number of sulfone groups is 1. The van der Waals surface area contributed by atoms with E-state index in [9.17, 15) is 21.6 Å². The molecule has 1 aromatic carbocycles. The number of carbonyl (C=O) groups excluding carboxylic acids is 1. The van der Waals surface area contributed by atoms with Crippen LogP contribution in [0.3, 0.4) is 0 Å². The monoisotopic (exact) mass is 469 g/mol. The number of aryl methyl sites for hydroxylation is 1. The molecular formula is C20H27N3O6S2. The van der Waals surface area contributed by atoms with Gasteiger partial charge in [-0.1, -0.05) is 6.42 Å². The maximum atomic E-state index is 13.0. The number of benzene rings is 1. The lowest BCUT2D eigenvalue weighted by Crippen LogP contribution is -2.35. The minimum absolute atomic E-state index is 0.00844. The van der Waals surface area contributed by atoms with Crippen molar-refractivity contribution in [2.24, 2.45) is 5.92 Å². The van der Waals surface area contributed by atoms with E-state index in [4.69, 9.17) is 4.74 Å². The Balaban J connectivity index is 1.55. The minimum atomic E-state index is -3.57. The molecule has 4 rings (SSSR count). The lowest BCUT2D eigenvalue weighted by Gasteiger charge is -2.25. The van der Waals surface area contributed by atoms with Crippen molar-refractivity contribution in [3.63, 3.8) is 0 Å². The van der Waals surface area contributed by atoms with E-state index < -0.39 is 31.7 Å². The number of piperidine rings is 1. The second-order valence-electron chi connectivity index (χ2n) is 8.10. The van der Waals surface area contributed by atoms with Crippen LogP contribution in [0, 0.1) is 5.92 Å². The normalized spacial score (nSPS) is 22.0. The summed E-state index contributed by atoms with van der Waals surface area (Å²) in [5.41, 5.74) is 1.28. The molecule has 31 heavy (non-hydrogen) atoms. The van der Waals surface area contributed by atoms with Gasteiger partial charge in [0.1, 0.15) is 12.4 Å². The van der Waals surface area contributed by atoms with E-state index in [1.54, 1.807) is 18.2 Å². The van der Waals surface area contributed by atoms with Crippen molar-refractivity contribution >= 4 is 36.9 Å². The summed E-state index contributed by atoms with van der Waals surface area (Å²) in [7, 11) is -6.74. The molecule has 0 bridgehead atoms. The maximum Gasteiger partial charge on any atom is 0.310 e. The standard InChI is InChI=1S/C20H27N3O6S2/c1-2-23-18-7-6-16(31(27,28)22-9-4-3-5-10-22)12-17(18)21-19(23)13-29-20(24)15-8-11-30(25,26)14-15/h6-7,12,15H,2-5,8-11,13-14H2,1H3. The van der Waals surface area contributed by atoms with Gasteiger partial charge < -0.3 is 9.30 Å². The summed E-state index contributed by atoms with van der Waals surface area (Å²) >= 11 is 0. The highest BCUT2D eigenvalue weighted by molar-refractivity contribution is 7.91. The number of nitrogens with zero attached hydrogens (tertiary/aromatic N) is 3. The summed E-state index contributed by atoms with van der Waals surface area (Å²) in [5, 5.41) is 0. The zero-order valence-corrected chi connectivity index (χ0v) is 19.1. The molecule has 11 heteroatoms. The second-order valence-corrected chi connectivity index (χ2v) is 12.3. The first-order valence-electron chi connectivity index (χ1n) is 10.6. The molecule has 0 amide bonds. The van der Waals surface area contributed by atoms with E-state index in [-0.39, 0.29) is 29.4 Å². The van der Waals surface area contributed by atoms with Crippen molar-refractivity contribution in [3.8, 4) is 0 Å². The van der Waals surface area contributed by atoms with Crippen LogP contribution in [0.1, 0.15) is 38.4 Å². The van der Waals surface area contributed by atoms with Crippen LogP contribution >= 0.6 is 0 Å². The third-order valence-corrected chi connectivity index (χ3v) is 9.64. The molecule has 9 nitrogen and oxygen atoms in total. The third-order valence-electron chi connectivity index (χ3n) is 5.98. The molecule has 0 spiro atoms. The largest absolute Gasteiger partial charge is 0.457 e. The van der Waals surface area contributed by atoms with Crippen molar-refractivity contribution in [1.29, 1.82) is 0 Å². The van der Waals surface area contributed by atoms with Crippen LogP contribution in [-0.4, -0.2) is 61.3 Å². The molecular weight excluding hydrogens is 442 g/mol. The van der Waals surface area contributed by atoms with Gasteiger partial charge in [0.2, 0.25) is 10.0 Å². The fourth-order valence-corrected chi connectivity index (χ4v) is 7.54. The van der Waals surface area contributed by atoms with Crippen LogP contribution in [0.2, 0.25) is 0 Å². The molecule has 1 atom stereocenters. The Labute approximate surface area is 182 Å².